The summed E-state index contributed by atoms with van der Waals surface area (Å²) >= 11 is 0. The maximum atomic E-state index is 13.0. The van der Waals surface area contributed by atoms with Crippen LogP contribution in [0.4, 0.5) is 4.39 Å². The molecule has 1 aromatic carbocycles. The summed E-state index contributed by atoms with van der Waals surface area (Å²) in [5, 5.41) is 10.7. The summed E-state index contributed by atoms with van der Waals surface area (Å²) < 4.78 is 18.3. The lowest BCUT2D eigenvalue weighted by Crippen LogP contribution is -2.31. The molecule has 8 heteroatoms. The van der Waals surface area contributed by atoms with E-state index in [1.165, 1.54) is 12.1 Å². The van der Waals surface area contributed by atoms with Gasteiger partial charge in [0.2, 0.25) is 5.89 Å². The summed E-state index contributed by atoms with van der Waals surface area (Å²) in [5.41, 5.74) is 1.71. The molecule has 3 heterocycles. The molecule has 0 bridgehead atoms. The highest BCUT2D eigenvalue weighted by atomic mass is 19.1. The Morgan fingerprint density at radius 2 is 2.16 bits per heavy atom. The fourth-order valence-corrected chi connectivity index (χ4v) is 3.07. The smallest absolute Gasteiger partial charge is 0.272 e. The maximum Gasteiger partial charge on any atom is 0.272 e. The third-order valence-electron chi connectivity index (χ3n) is 4.29. The number of nitrogens with one attached hydrogen (secondary N) is 1. The van der Waals surface area contributed by atoms with Crippen molar-refractivity contribution in [2.45, 2.75) is 25.8 Å². The number of nitrogens with zero attached hydrogens (tertiary/aromatic N) is 4. The second kappa shape index (κ2) is 6.12. The summed E-state index contributed by atoms with van der Waals surface area (Å²) in [6.45, 7) is 2.37. The number of H-pyrrole nitrogens is 1. The molecule has 1 aliphatic heterocycles. The number of aromatic nitrogens is 4. The van der Waals surface area contributed by atoms with E-state index in [4.69, 9.17) is 4.52 Å². The van der Waals surface area contributed by atoms with Crippen LogP contribution in [0.3, 0.4) is 0 Å². The monoisotopic (exact) mass is 341 g/mol. The highest BCUT2D eigenvalue weighted by molar-refractivity contribution is 5.93. The summed E-state index contributed by atoms with van der Waals surface area (Å²) in [4.78, 5) is 18.8. The van der Waals surface area contributed by atoms with Gasteiger partial charge in [-0.2, -0.15) is 10.1 Å². The fraction of sp³-hybridized carbons (Fsp3) is 0.294. The standard InChI is InChI=1S/C17H16FN5O2/c1-10-19-16(25-22-10)15-3-2-8-23(15)17(24)14-9-13(20-21-14)11-4-6-12(18)7-5-11/h4-7,9,15H,2-3,8H2,1H3,(H,20,21). The normalized spacial score (nSPS) is 17.2. The zero-order valence-electron chi connectivity index (χ0n) is 13.6. The van der Waals surface area contributed by atoms with Gasteiger partial charge in [0.05, 0.1) is 5.69 Å². The van der Waals surface area contributed by atoms with E-state index in [-0.39, 0.29) is 17.8 Å². The number of likely N-dealkylation sites (tertiary alicyclic amines) is 1. The molecule has 7 nitrogen and oxygen atoms in total. The van der Waals surface area contributed by atoms with E-state index in [2.05, 4.69) is 20.3 Å². The maximum absolute atomic E-state index is 13.0. The lowest BCUT2D eigenvalue weighted by Gasteiger charge is -2.20. The lowest BCUT2D eigenvalue weighted by molar-refractivity contribution is 0.0704. The minimum absolute atomic E-state index is 0.167. The molecule has 1 amide bonds. The van der Waals surface area contributed by atoms with Gasteiger partial charge < -0.3 is 9.42 Å². The topological polar surface area (TPSA) is 87.9 Å². The molecule has 1 saturated heterocycles. The van der Waals surface area contributed by atoms with Crippen LogP contribution >= 0.6 is 0 Å². The first-order valence-electron chi connectivity index (χ1n) is 8.04. The third-order valence-corrected chi connectivity index (χ3v) is 4.29. The van der Waals surface area contributed by atoms with Gasteiger partial charge in [-0.15, -0.1) is 0 Å². The van der Waals surface area contributed by atoms with Gasteiger partial charge in [0.15, 0.2) is 5.82 Å². The van der Waals surface area contributed by atoms with Crippen LogP contribution in [0.25, 0.3) is 11.3 Å². The largest absolute Gasteiger partial charge is 0.337 e. The van der Waals surface area contributed by atoms with E-state index in [0.717, 1.165) is 18.4 Å². The number of halogens is 1. The van der Waals surface area contributed by atoms with Crippen molar-refractivity contribution in [3.05, 3.63) is 53.6 Å². The zero-order valence-corrected chi connectivity index (χ0v) is 13.6. The first kappa shape index (κ1) is 15.5. The number of benzene rings is 1. The Kier molecular flexibility index (Phi) is 3.79. The van der Waals surface area contributed by atoms with Crippen molar-refractivity contribution in [3.8, 4) is 11.3 Å². The summed E-state index contributed by atoms with van der Waals surface area (Å²) in [5.74, 6) is 0.528. The van der Waals surface area contributed by atoms with Crippen molar-refractivity contribution in [1.82, 2.24) is 25.2 Å². The molecule has 128 valence electrons. The number of hydrogen-bond acceptors (Lipinski definition) is 5. The molecule has 0 aliphatic carbocycles. The predicted molar refractivity (Wildman–Crippen MR) is 86.0 cm³/mol. The van der Waals surface area contributed by atoms with Crippen LogP contribution in [-0.4, -0.2) is 37.7 Å². The Labute approximate surface area is 142 Å². The highest BCUT2D eigenvalue weighted by Crippen LogP contribution is 2.32. The average molecular weight is 341 g/mol. The van der Waals surface area contributed by atoms with Gasteiger partial charge in [0.1, 0.15) is 17.6 Å². The van der Waals surface area contributed by atoms with Crippen LogP contribution in [0, 0.1) is 12.7 Å². The van der Waals surface area contributed by atoms with Gasteiger partial charge in [0, 0.05) is 12.1 Å². The fourth-order valence-electron chi connectivity index (χ4n) is 3.07. The van der Waals surface area contributed by atoms with Crippen molar-refractivity contribution in [1.29, 1.82) is 0 Å². The summed E-state index contributed by atoms with van der Waals surface area (Å²) in [7, 11) is 0. The van der Waals surface area contributed by atoms with Gasteiger partial charge in [-0.1, -0.05) is 5.16 Å². The number of carbonyl (C=O) groups excluding carboxylic acids is 1. The molecular formula is C17H16FN5O2. The van der Waals surface area contributed by atoms with Gasteiger partial charge in [-0.25, -0.2) is 4.39 Å². The molecule has 1 unspecified atom stereocenters. The van der Waals surface area contributed by atoms with E-state index in [1.807, 2.05) is 0 Å². The Hall–Kier alpha value is -3.03. The summed E-state index contributed by atoms with van der Waals surface area (Å²) in [6.07, 6.45) is 1.66. The van der Waals surface area contributed by atoms with Crippen LogP contribution in [0.5, 0.6) is 0 Å². The van der Waals surface area contributed by atoms with Crippen LogP contribution < -0.4 is 0 Å². The van der Waals surface area contributed by atoms with E-state index < -0.39 is 0 Å². The number of rotatable bonds is 3. The second-order valence-electron chi connectivity index (χ2n) is 6.01. The van der Waals surface area contributed by atoms with Gasteiger partial charge in [0.25, 0.3) is 5.91 Å². The molecule has 0 spiro atoms. The van der Waals surface area contributed by atoms with E-state index in [0.29, 0.717) is 29.6 Å². The van der Waals surface area contributed by atoms with Crippen LogP contribution in [0.2, 0.25) is 0 Å². The number of carbonyl (C=O) groups is 1. The van der Waals surface area contributed by atoms with Gasteiger partial charge >= 0.3 is 0 Å². The average Bonchev–Trinajstić information content (AvgIpc) is 3.35. The number of aromatic amines is 1. The SMILES string of the molecule is Cc1noc(C2CCCN2C(=O)c2cc(-c3ccc(F)cc3)n[nH]2)n1. The van der Waals surface area contributed by atoms with E-state index >= 15 is 0 Å². The number of amides is 1. The quantitative estimate of drug-likeness (QED) is 0.791. The third kappa shape index (κ3) is 2.90. The molecule has 1 N–H and O–H groups in total. The molecule has 0 saturated carbocycles. The molecule has 4 rings (SSSR count). The molecule has 1 atom stereocenters. The Morgan fingerprint density at radius 3 is 2.88 bits per heavy atom. The Balaban J connectivity index is 1.57. The molecule has 3 aromatic rings. The Bertz CT molecular complexity index is 902. The first-order chi connectivity index (χ1) is 12.1. The molecule has 2 aromatic heterocycles. The summed E-state index contributed by atoms with van der Waals surface area (Å²) in [6, 6.07) is 7.43. The molecular weight excluding hydrogens is 325 g/mol. The van der Waals surface area contributed by atoms with E-state index in [1.54, 1.807) is 30.0 Å². The zero-order chi connectivity index (χ0) is 17.4. The second-order valence-corrected chi connectivity index (χ2v) is 6.01. The van der Waals surface area contributed by atoms with Gasteiger partial charge in [-0.3, -0.25) is 9.89 Å². The van der Waals surface area contributed by atoms with Crippen molar-refractivity contribution in [2.24, 2.45) is 0 Å². The Morgan fingerprint density at radius 1 is 1.36 bits per heavy atom. The van der Waals surface area contributed by atoms with Crippen molar-refractivity contribution in [2.75, 3.05) is 6.54 Å². The van der Waals surface area contributed by atoms with Crippen LogP contribution in [0.1, 0.15) is 41.1 Å². The van der Waals surface area contributed by atoms with Crippen molar-refractivity contribution < 1.29 is 13.7 Å². The highest BCUT2D eigenvalue weighted by Gasteiger charge is 2.35. The lowest BCUT2D eigenvalue weighted by atomic mass is 10.1. The van der Waals surface area contributed by atoms with Crippen LogP contribution in [-0.2, 0) is 0 Å². The molecule has 0 radical (unpaired) electrons. The van der Waals surface area contributed by atoms with Crippen molar-refractivity contribution >= 4 is 5.91 Å². The van der Waals surface area contributed by atoms with E-state index in [9.17, 15) is 9.18 Å². The number of hydrogen-bond donors (Lipinski definition) is 1. The van der Waals surface area contributed by atoms with Crippen molar-refractivity contribution in [3.63, 3.8) is 0 Å². The minimum Gasteiger partial charge on any atom is -0.337 e. The predicted octanol–water partition coefficient (Wildman–Crippen LogP) is 2.88. The van der Waals surface area contributed by atoms with Gasteiger partial charge in [-0.05, 0) is 50.1 Å². The molecule has 1 aliphatic rings. The molecule has 1 fully saturated rings. The molecule has 25 heavy (non-hydrogen) atoms. The minimum atomic E-state index is -0.314. The van der Waals surface area contributed by atoms with Crippen LogP contribution in [0.15, 0.2) is 34.9 Å². The first-order valence-corrected chi connectivity index (χ1v) is 8.04. The number of aryl methyl sites for hydroxylation is 1.